The SMILES string of the molecule is COc1cccc(F)c1[C@H](C)NC(=O)N1CCC[C@H](N(C)C)C1. The highest BCUT2D eigenvalue weighted by atomic mass is 19.1. The second-order valence-corrected chi connectivity index (χ2v) is 6.23. The van der Waals surface area contributed by atoms with Crippen molar-refractivity contribution in [2.45, 2.75) is 31.8 Å². The number of likely N-dealkylation sites (tertiary alicyclic amines) is 1. The van der Waals surface area contributed by atoms with E-state index in [2.05, 4.69) is 10.2 Å². The molecular weight excluding hydrogens is 297 g/mol. The van der Waals surface area contributed by atoms with Crippen LogP contribution in [0.2, 0.25) is 0 Å². The molecule has 1 N–H and O–H groups in total. The molecule has 0 unspecified atom stereocenters. The minimum Gasteiger partial charge on any atom is -0.496 e. The normalized spacial score (nSPS) is 19.6. The third kappa shape index (κ3) is 4.13. The van der Waals surface area contributed by atoms with Crippen LogP contribution in [-0.2, 0) is 0 Å². The van der Waals surface area contributed by atoms with Gasteiger partial charge in [-0.3, -0.25) is 0 Å². The Morgan fingerprint density at radius 1 is 1.48 bits per heavy atom. The van der Waals surface area contributed by atoms with Crippen LogP contribution in [-0.4, -0.2) is 56.2 Å². The Labute approximate surface area is 137 Å². The molecule has 2 rings (SSSR count). The molecule has 1 aliphatic rings. The van der Waals surface area contributed by atoms with Gasteiger partial charge in [0.05, 0.1) is 18.7 Å². The summed E-state index contributed by atoms with van der Waals surface area (Å²) in [4.78, 5) is 16.4. The molecule has 128 valence electrons. The van der Waals surface area contributed by atoms with Crippen molar-refractivity contribution in [3.63, 3.8) is 0 Å². The number of piperidine rings is 1. The molecule has 6 heteroatoms. The van der Waals surface area contributed by atoms with Crippen molar-refractivity contribution in [3.05, 3.63) is 29.6 Å². The summed E-state index contributed by atoms with van der Waals surface area (Å²) in [5.41, 5.74) is 0.379. The lowest BCUT2D eigenvalue weighted by Gasteiger charge is -2.36. The zero-order valence-corrected chi connectivity index (χ0v) is 14.3. The first-order chi connectivity index (χ1) is 10.9. The van der Waals surface area contributed by atoms with Crippen molar-refractivity contribution in [1.29, 1.82) is 0 Å². The van der Waals surface area contributed by atoms with Gasteiger partial charge in [-0.2, -0.15) is 0 Å². The summed E-state index contributed by atoms with van der Waals surface area (Å²) < 4.78 is 19.3. The predicted octanol–water partition coefficient (Wildman–Crippen LogP) is 2.63. The summed E-state index contributed by atoms with van der Waals surface area (Å²) in [6.45, 7) is 3.20. The lowest BCUT2D eigenvalue weighted by molar-refractivity contribution is 0.138. The molecule has 0 saturated carbocycles. The number of methoxy groups -OCH3 is 1. The first-order valence-electron chi connectivity index (χ1n) is 7.98. The van der Waals surface area contributed by atoms with Gasteiger partial charge in [-0.15, -0.1) is 0 Å². The van der Waals surface area contributed by atoms with E-state index in [1.807, 2.05) is 14.1 Å². The second-order valence-electron chi connectivity index (χ2n) is 6.23. The van der Waals surface area contributed by atoms with E-state index in [1.165, 1.54) is 13.2 Å². The number of benzene rings is 1. The van der Waals surface area contributed by atoms with Crippen LogP contribution in [0.15, 0.2) is 18.2 Å². The highest BCUT2D eigenvalue weighted by Crippen LogP contribution is 2.28. The quantitative estimate of drug-likeness (QED) is 0.926. The summed E-state index contributed by atoms with van der Waals surface area (Å²) in [5, 5.41) is 2.89. The van der Waals surface area contributed by atoms with Gasteiger partial charge in [0.1, 0.15) is 11.6 Å². The van der Waals surface area contributed by atoms with Crippen molar-refractivity contribution in [2.75, 3.05) is 34.3 Å². The van der Waals surface area contributed by atoms with Crippen molar-refractivity contribution >= 4 is 6.03 Å². The molecule has 0 bridgehead atoms. The van der Waals surface area contributed by atoms with Gasteiger partial charge >= 0.3 is 6.03 Å². The van der Waals surface area contributed by atoms with E-state index in [9.17, 15) is 9.18 Å². The van der Waals surface area contributed by atoms with Crippen molar-refractivity contribution in [3.8, 4) is 5.75 Å². The number of urea groups is 1. The summed E-state index contributed by atoms with van der Waals surface area (Å²) in [5.74, 6) is 0.0737. The number of nitrogens with one attached hydrogen (secondary N) is 1. The fourth-order valence-corrected chi connectivity index (χ4v) is 3.02. The van der Waals surface area contributed by atoms with E-state index in [0.29, 0.717) is 23.9 Å². The molecule has 2 atom stereocenters. The van der Waals surface area contributed by atoms with Gasteiger partial charge in [-0.05, 0) is 46.0 Å². The molecule has 2 amide bonds. The monoisotopic (exact) mass is 323 g/mol. The highest BCUT2D eigenvalue weighted by Gasteiger charge is 2.26. The van der Waals surface area contributed by atoms with E-state index in [4.69, 9.17) is 4.74 Å². The van der Waals surface area contributed by atoms with E-state index in [0.717, 1.165) is 19.4 Å². The van der Waals surface area contributed by atoms with Gasteiger partial charge in [-0.25, -0.2) is 9.18 Å². The molecular formula is C17H26FN3O2. The number of carbonyl (C=O) groups is 1. The van der Waals surface area contributed by atoms with Crippen LogP contribution in [0, 0.1) is 5.82 Å². The van der Waals surface area contributed by atoms with Crippen LogP contribution in [0.1, 0.15) is 31.4 Å². The fraction of sp³-hybridized carbons (Fsp3) is 0.588. The Balaban J connectivity index is 2.05. The van der Waals surface area contributed by atoms with Crippen molar-refractivity contribution in [1.82, 2.24) is 15.1 Å². The Hall–Kier alpha value is -1.82. The minimum absolute atomic E-state index is 0.158. The van der Waals surface area contributed by atoms with Gasteiger partial charge in [0.15, 0.2) is 0 Å². The average Bonchev–Trinajstić information content (AvgIpc) is 2.54. The summed E-state index contributed by atoms with van der Waals surface area (Å²) in [6.07, 6.45) is 2.07. The molecule has 0 radical (unpaired) electrons. The van der Waals surface area contributed by atoms with Gasteiger partial charge in [0.25, 0.3) is 0 Å². The lowest BCUT2D eigenvalue weighted by atomic mass is 10.0. The third-order valence-electron chi connectivity index (χ3n) is 4.42. The minimum atomic E-state index is -0.460. The maximum atomic E-state index is 14.1. The number of hydrogen-bond donors (Lipinski definition) is 1. The number of rotatable bonds is 4. The molecule has 1 saturated heterocycles. The molecule has 0 aliphatic carbocycles. The van der Waals surface area contributed by atoms with Crippen molar-refractivity contribution in [2.24, 2.45) is 0 Å². The number of halogens is 1. The third-order valence-corrected chi connectivity index (χ3v) is 4.42. The predicted molar refractivity (Wildman–Crippen MR) is 88.2 cm³/mol. The highest BCUT2D eigenvalue weighted by molar-refractivity contribution is 5.75. The van der Waals surface area contributed by atoms with E-state index in [-0.39, 0.29) is 11.8 Å². The molecule has 1 aromatic rings. The summed E-state index contributed by atoms with van der Waals surface area (Å²) >= 11 is 0. The van der Waals surface area contributed by atoms with E-state index >= 15 is 0 Å². The smallest absolute Gasteiger partial charge is 0.317 e. The number of hydrogen-bond acceptors (Lipinski definition) is 3. The molecule has 1 aliphatic heterocycles. The Morgan fingerprint density at radius 3 is 2.87 bits per heavy atom. The zero-order valence-electron chi connectivity index (χ0n) is 14.3. The molecule has 0 spiro atoms. The Kier molecular flexibility index (Phi) is 5.82. The number of likely N-dealkylation sites (N-methyl/N-ethyl adjacent to an activating group) is 1. The number of carbonyl (C=O) groups excluding carboxylic acids is 1. The molecule has 1 fully saturated rings. The zero-order chi connectivity index (χ0) is 17.0. The average molecular weight is 323 g/mol. The van der Waals surface area contributed by atoms with Crippen LogP contribution in [0.3, 0.4) is 0 Å². The van der Waals surface area contributed by atoms with E-state index < -0.39 is 6.04 Å². The Morgan fingerprint density at radius 2 is 2.22 bits per heavy atom. The van der Waals surface area contributed by atoms with Crippen LogP contribution in [0.25, 0.3) is 0 Å². The number of amides is 2. The molecule has 23 heavy (non-hydrogen) atoms. The number of ether oxygens (including phenoxy) is 1. The van der Waals surface area contributed by atoms with E-state index in [1.54, 1.807) is 24.0 Å². The molecule has 5 nitrogen and oxygen atoms in total. The maximum Gasteiger partial charge on any atom is 0.317 e. The van der Waals surface area contributed by atoms with Crippen LogP contribution in [0.5, 0.6) is 5.75 Å². The van der Waals surface area contributed by atoms with Gasteiger partial charge in [0, 0.05) is 19.1 Å². The van der Waals surface area contributed by atoms with Gasteiger partial charge in [-0.1, -0.05) is 6.07 Å². The maximum absolute atomic E-state index is 14.1. The molecule has 1 heterocycles. The first-order valence-corrected chi connectivity index (χ1v) is 7.98. The Bertz CT molecular complexity index is 551. The van der Waals surface area contributed by atoms with Crippen LogP contribution in [0.4, 0.5) is 9.18 Å². The first kappa shape index (κ1) is 17.5. The lowest BCUT2D eigenvalue weighted by Crippen LogP contribution is -2.51. The largest absolute Gasteiger partial charge is 0.496 e. The number of nitrogens with zero attached hydrogens (tertiary/aromatic N) is 2. The summed E-state index contributed by atoms with van der Waals surface area (Å²) in [6, 6.07) is 4.42. The van der Waals surface area contributed by atoms with Gasteiger partial charge in [0.2, 0.25) is 0 Å². The van der Waals surface area contributed by atoms with Gasteiger partial charge < -0.3 is 19.9 Å². The topological polar surface area (TPSA) is 44.8 Å². The molecule has 1 aromatic carbocycles. The standard InChI is InChI=1S/C17H26FN3O2/c1-12(16-14(18)8-5-9-15(16)23-4)19-17(22)21-10-6-7-13(11-21)20(2)3/h5,8-9,12-13H,6-7,10-11H2,1-4H3,(H,19,22)/t12-,13-/m0/s1. The van der Waals surface area contributed by atoms with Crippen LogP contribution < -0.4 is 10.1 Å². The fourth-order valence-electron chi connectivity index (χ4n) is 3.02. The van der Waals surface area contributed by atoms with Crippen molar-refractivity contribution < 1.29 is 13.9 Å². The summed E-state index contributed by atoms with van der Waals surface area (Å²) in [7, 11) is 5.55. The van der Waals surface area contributed by atoms with Crippen LogP contribution >= 0.6 is 0 Å². The molecule has 0 aromatic heterocycles. The second kappa shape index (κ2) is 7.64.